The molecule has 9 nitrogen and oxygen atoms in total. The van der Waals surface area contributed by atoms with Crippen molar-refractivity contribution in [2.45, 2.75) is 281 Å². The maximum absolute atomic E-state index is 13.0. The van der Waals surface area contributed by atoms with Gasteiger partial charge in [0.25, 0.3) is 0 Å². The van der Waals surface area contributed by atoms with Crippen molar-refractivity contribution in [1.29, 1.82) is 0 Å². The molecule has 374 valence electrons. The minimum Gasteiger partial charge on any atom is -0.394 e. The fraction of sp³-hybridized carbons (Fsp3) is 0.836. The lowest BCUT2D eigenvalue weighted by Gasteiger charge is -2.40. The molecular weight excluding hydrogens is 803 g/mol. The van der Waals surface area contributed by atoms with Crippen LogP contribution in [0.1, 0.15) is 239 Å². The first-order valence-corrected chi connectivity index (χ1v) is 26.9. The van der Waals surface area contributed by atoms with E-state index in [0.29, 0.717) is 6.42 Å². The third-order valence-corrected chi connectivity index (χ3v) is 12.6. The van der Waals surface area contributed by atoms with Crippen LogP contribution in [0, 0.1) is 0 Å². The molecule has 64 heavy (non-hydrogen) atoms. The molecule has 1 amide bonds. The van der Waals surface area contributed by atoms with Gasteiger partial charge in [0.05, 0.1) is 25.4 Å². The van der Waals surface area contributed by atoms with Gasteiger partial charge < -0.3 is 40.3 Å². The summed E-state index contributed by atoms with van der Waals surface area (Å²) in [5.74, 6) is -0.191. The Bertz CT molecular complexity index is 1140. The Morgan fingerprint density at radius 2 is 0.938 bits per heavy atom. The van der Waals surface area contributed by atoms with Crippen LogP contribution in [-0.2, 0) is 14.3 Å². The zero-order valence-corrected chi connectivity index (χ0v) is 41.3. The molecule has 1 heterocycles. The van der Waals surface area contributed by atoms with Crippen molar-refractivity contribution in [1.82, 2.24) is 5.32 Å². The fourth-order valence-electron chi connectivity index (χ4n) is 8.32. The Kier molecular flexibility index (Phi) is 42.3. The Morgan fingerprint density at radius 3 is 1.44 bits per heavy atom. The number of nitrogens with one attached hydrogen (secondary N) is 1. The molecule has 1 aliphatic rings. The third kappa shape index (κ3) is 34.5. The minimum absolute atomic E-state index is 0.191. The summed E-state index contributed by atoms with van der Waals surface area (Å²) in [6, 6.07) is -0.825. The highest BCUT2D eigenvalue weighted by Crippen LogP contribution is 2.23. The Hall–Kier alpha value is -1.85. The van der Waals surface area contributed by atoms with Crippen molar-refractivity contribution < 1.29 is 39.8 Å². The Labute approximate surface area is 393 Å². The van der Waals surface area contributed by atoms with Crippen LogP contribution >= 0.6 is 0 Å². The number of aliphatic hydroxyl groups is 5. The molecular formula is C55H101NO8. The molecule has 6 N–H and O–H groups in total. The van der Waals surface area contributed by atoms with Gasteiger partial charge in [-0.3, -0.25) is 4.79 Å². The molecule has 1 aliphatic heterocycles. The zero-order valence-electron chi connectivity index (χ0n) is 41.3. The van der Waals surface area contributed by atoms with Gasteiger partial charge in [0.2, 0.25) is 5.91 Å². The van der Waals surface area contributed by atoms with Crippen LogP contribution in [-0.4, -0.2) is 87.5 Å². The van der Waals surface area contributed by atoms with Crippen LogP contribution in [0.15, 0.2) is 48.6 Å². The summed E-state index contributed by atoms with van der Waals surface area (Å²) < 4.78 is 11.2. The van der Waals surface area contributed by atoms with Crippen LogP contribution < -0.4 is 5.32 Å². The van der Waals surface area contributed by atoms with E-state index in [1.807, 2.05) is 6.08 Å². The quantitative estimate of drug-likeness (QED) is 0.0261. The summed E-state index contributed by atoms with van der Waals surface area (Å²) >= 11 is 0. The van der Waals surface area contributed by atoms with Crippen LogP contribution in [0.25, 0.3) is 0 Å². The van der Waals surface area contributed by atoms with Gasteiger partial charge in [-0.2, -0.15) is 0 Å². The highest BCUT2D eigenvalue weighted by atomic mass is 16.7. The van der Waals surface area contributed by atoms with Gasteiger partial charge in [-0.25, -0.2) is 0 Å². The van der Waals surface area contributed by atoms with Crippen molar-refractivity contribution in [3.8, 4) is 0 Å². The van der Waals surface area contributed by atoms with E-state index in [9.17, 15) is 30.3 Å². The monoisotopic (exact) mass is 904 g/mol. The number of aliphatic hydroxyl groups excluding tert-OH is 5. The van der Waals surface area contributed by atoms with E-state index < -0.39 is 49.5 Å². The topological polar surface area (TPSA) is 149 Å². The molecule has 0 aromatic rings. The van der Waals surface area contributed by atoms with Gasteiger partial charge in [-0.15, -0.1) is 0 Å². The van der Waals surface area contributed by atoms with Crippen LogP contribution in [0.4, 0.5) is 0 Å². The lowest BCUT2D eigenvalue weighted by atomic mass is 9.99. The molecule has 0 spiro atoms. The van der Waals surface area contributed by atoms with Crippen molar-refractivity contribution >= 4 is 5.91 Å². The molecule has 9 heteroatoms. The smallest absolute Gasteiger partial charge is 0.220 e. The molecule has 0 aromatic heterocycles. The standard InChI is InChI=1S/C55H101NO8/c1-3-5-7-9-11-13-15-17-19-21-23-24-25-27-28-30-32-34-36-38-40-42-44-49(58)48(47-63-55-54(62)53(61)52(60)50(46-57)64-55)56-51(59)45-43-41-39-37-35-33-31-29-26-22-20-18-16-14-12-10-8-6-4-2/h12,14,18,20,34,36,42,44,48-50,52-55,57-58,60-62H,3-11,13,15-17,19,21-33,35,37-41,43,45-47H2,1-2H3,(H,56,59)/b14-12-,20-18-,36-34+,44-42+. The van der Waals surface area contributed by atoms with Gasteiger partial charge in [0.15, 0.2) is 6.29 Å². The van der Waals surface area contributed by atoms with Gasteiger partial charge in [-0.05, 0) is 64.2 Å². The van der Waals surface area contributed by atoms with Gasteiger partial charge >= 0.3 is 0 Å². The molecule has 7 atom stereocenters. The van der Waals surface area contributed by atoms with Gasteiger partial charge in [0, 0.05) is 6.42 Å². The summed E-state index contributed by atoms with van der Waals surface area (Å²) in [6.07, 6.45) is 51.6. The number of ether oxygens (including phenoxy) is 2. The Morgan fingerprint density at radius 1 is 0.531 bits per heavy atom. The van der Waals surface area contributed by atoms with Crippen molar-refractivity contribution in [3.05, 3.63) is 48.6 Å². The highest BCUT2D eigenvalue weighted by molar-refractivity contribution is 5.76. The number of allylic oxidation sites excluding steroid dienone is 7. The van der Waals surface area contributed by atoms with E-state index in [0.717, 1.165) is 51.4 Å². The first-order chi connectivity index (χ1) is 31.3. The lowest BCUT2D eigenvalue weighted by Crippen LogP contribution is -2.60. The normalized spacial score (nSPS) is 20.4. The van der Waals surface area contributed by atoms with E-state index >= 15 is 0 Å². The lowest BCUT2D eigenvalue weighted by molar-refractivity contribution is -0.302. The maximum atomic E-state index is 13.0. The summed E-state index contributed by atoms with van der Waals surface area (Å²) in [6.45, 7) is 3.75. The van der Waals surface area contributed by atoms with Gasteiger partial charge in [0.1, 0.15) is 24.4 Å². The fourth-order valence-corrected chi connectivity index (χ4v) is 8.32. The van der Waals surface area contributed by atoms with E-state index in [1.54, 1.807) is 6.08 Å². The first-order valence-electron chi connectivity index (χ1n) is 26.9. The molecule has 1 fully saturated rings. The summed E-state index contributed by atoms with van der Waals surface area (Å²) in [5, 5.41) is 54.4. The van der Waals surface area contributed by atoms with Gasteiger partial charge in [-0.1, -0.05) is 217 Å². The number of unbranched alkanes of at least 4 members (excludes halogenated alkanes) is 29. The number of carbonyl (C=O) groups is 1. The molecule has 0 saturated carbocycles. The average molecular weight is 904 g/mol. The largest absolute Gasteiger partial charge is 0.394 e. The second kappa shape index (κ2) is 45.0. The highest BCUT2D eigenvalue weighted by Gasteiger charge is 2.44. The molecule has 7 unspecified atom stereocenters. The predicted molar refractivity (Wildman–Crippen MR) is 267 cm³/mol. The number of hydrogen-bond acceptors (Lipinski definition) is 8. The second-order valence-corrected chi connectivity index (χ2v) is 18.7. The molecule has 1 saturated heterocycles. The minimum atomic E-state index is -1.57. The SMILES string of the molecule is CCCCC/C=C\C/C=C\CCCCCCCCCCCC(=O)NC(COC1OC(CO)C(O)C(O)C1O)C(O)/C=C/CC/C=C/CCCCCCCCCCCCCCCCCC. The van der Waals surface area contributed by atoms with Crippen molar-refractivity contribution in [2.24, 2.45) is 0 Å². The van der Waals surface area contributed by atoms with E-state index in [2.05, 4.69) is 55.6 Å². The number of rotatable bonds is 45. The number of carbonyl (C=O) groups excluding carboxylic acids is 1. The Balaban J connectivity index is 2.30. The van der Waals surface area contributed by atoms with E-state index in [1.165, 1.54) is 167 Å². The summed E-state index contributed by atoms with van der Waals surface area (Å²) in [5.41, 5.74) is 0. The van der Waals surface area contributed by atoms with Crippen LogP contribution in [0.3, 0.4) is 0 Å². The molecule has 1 rings (SSSR count). The average Bonchev–Trinajstić information content (AvgIpc) is 3.29. The summed E-state index contributed by atoms with van der Waals surface area (Å²) in [7, 11) is 0. The summed E-state index contributed by atoms with van der Waals surface area (Å²) in [4.78, 5) is 13.0. The first kappa shape index (κ1) is 60.2. The van der Waals surface area contributed by atoms with Crippen molar-refractivity contribution in [2.75, 3.05) is 13.2 Å². The second-order valence-electron chi connectivity index (χ2n) is 18.7. The van der Waals surface area contributed by atoms with E-state index in [-0.39, 0.29) is 12.5 Å². The van der Waals surface area contributed by atoms with E-state index in [4.69, 9.17) is 9.47 Å². The predicted octanol–water partition coefficient (Wildman–Crippen LogP) is 12.6. The molecule has 0 radical (unpaired) electrons. The number of amides is 1. The third-order valence-electron chi connectivity index (χ3n) is 12.6. The molecule has 0 bridgehead atoms. The van der Waals surface area contributed by atoms with Crippen LogP contribution in [0.2, 0.25) is 0 Å². The van der Waals surface area contributed by atoms with Crippen molar-refractivity contribution in [3.63, 3.8) is 0 Å². The number of hydrogen-bond donors (Lipinski definition) is 6. The molecule has 0 aromatic carbocycles. The molecule has 0 aliphatic carbocycles. The van der Waals surface area contributed by atoms with Crippen LogP contribution in [0.5, 0.6) is 0 Å². The maximum Gasteiger partial charge on any atom is 0.220 e. The zero-order chi connectivity index (χ0) is 46.6.